The molecule has 0 heterocycles. The summed E-state index contributed by atoms with van der Waals surface area (Å²) in [6.07, 6.45) is 0. The summed E-state index contributed by atoms with van der Waals surface area (Å²) in [5.74, 6) is -0.372. The quantitative estimate of drug-likeness (QED) is 0.846. The molecule has 0 aliphatic heterocycles. The number of rotatable bonds is 2. The summed E-state index contributed by atoms with van der Waals surface area (Å²) in [5.41, 5.74) is 1.41. The van der Waals surface area contributed by atoms with E-state index in [9.17, 15) is 4.39 Å². The van der Waals surface area contributed by atoms with Gasteiger partial charge in [-0.25, -0.2) is 4.39 Å². The van der Waals surface area contributed by atoms with Gasteiger partial charge in [-0.2, -0.15) is 5.26 Å². The Kier molecular flexibility index (Phi) is 2.43. The fraction of sp³-hybridized carbons (Fsp3) is 0.500. The van der Waals surface area contributed by atoms with Crippen molar-refractivity contribution in [3.05, 3.63) is 29.6 Å². The van der Waals surface area contributed by atoms with E-state index in [0.717, 1.165) is 0 Å². The first-order valence-electron chi connectivity index (χ1n) is 5.76. The van der Waals surface area contributed by atoms with E-state index in [1.165, 1.54) is 12.1 Å². The maximum Gasteiger partial charge on any atom is 0.126 e. The molecule has 2 nitrogen and oxygen atoms in total. The maximum atomic E-state index is 13.3. The number of hydrogen-bond donors (Lipinski definition) is 1. The van der Waals surface area contributed by atoms with Crippen molar-refractivity contribution in [3.63, 3.8) is 0 Å². The number of benzene rings is 1. The summed E-state index contributed by atoms with van der Waals surface area (Å²) in [4.78, 5) is 0. The molecule has 0 spiro atoms. The van der Waals surface area contributed by atoms with Crippen LogP contribution in [0.1, 0.15) is 33.3 Å². The fourth-order valence-electron chi connectivity index (χ4n) is 2.46. The molecule has 1 aromatic rings. The molecule has 1 fully saturated rings. The fourth-order valence-corrected chi connectivity index (χ4v) is 2.46. The van der Waals surface area contributed by atoms with Gasteiger partial charge < -0.3 is 5.32 Å². The summed E-state index contributed by atoms with van der Waals surface area (Å²) >= 11 is 0. The smallest absolute Gasteiger partial charge is 0.126 e. The number of nitrogens with zero attached hydrogens (tertiary/aromatic N) is 1. The molecule has 0 bridgehead atoms. The SMILES string of the molecule is CC1(C)C(Nc2cc(F)cc(C#N)c2)C1(C)C. The first-order chi connectivity index (χ1) is 7.79. The molecule has 17 heavy (non-hydrogen) atoms. The van der Waals surface area contributed by atoms with Gasteiger partial charge in [0.1, 0.15) is 5.82 Å². The van der Waals surface area contributed by atoms with E-state index in [-0.39, 0.29) is 16.6 Å². The van der Waals surface area contributed by atoms with Gasteiger partial charge in [-0.05, 0) is 29.0 Å². The number of hydrogen-bond acceptors (Lipinski definition) is 2. The molecule has 1 aliphatic rings. The van der Waals surface area contributed by atoms with E-state index in [4.69, 9.17) is 5.26 Å². The van der Waals surface area contributed by atoms with E-state index in [1.54, 1.807) is 6.07 Å². The van der Waals surface area contributed by atoms with E-state index in [1.807, 2.05) is 6.07 Å². The Morgan fingerprint density at radius 1 is 1.18 bits per heavy atom. The highest BCUT2D eigenvalue weighted by Gasteiger charge is 2.64. The predicted octanol–water partition coefficient (Wildman–Crippen LogP) is 3.54. The minimum atomic E-state index is -0.372. The lowest BCUT2D eigenvalue weighted by molar-refractivity contribution is 0.457. The number of halogens is 1. The third-order valence-corrected chi connectivity index (χ3v) is 4.36. The Labute approximate surface area is 101 Å². The third-order valence-electron chi connectivity index (χ3n) is 4.36. The zero-order valence-electron chi connectivity index (χ0n) is 10.6. The van der Waals surface area contributed by atoms with Crippen molar-refractivity contribution < 1.29 is 4.39 Å². The van der Waals surface area contributed by atoms with Gasteiger partial charge in [-0.1, -0.05) is 27.7 Å². The Morgan fingerprint density at radius 3 is 2.24 bits per heavy atom. The van der Waals surface area contributed by atoms with E-state index in [2.05, 4.69) is 33.0 Å². The first kappa shape index (κ1) is 11.9. The summed E-state index contributed by atoms with van der Waals surface area (Å²) < 4.78 is 13.3. The van der Waals surface area contributed by atoms with Gasteiger partial charge in [0.15, 0.2) is 0 Å². The van der Waals surface area contributed by atoms with Crippen LogP contribution >= 0.6 is 0 Å². The second-order valence-electron chi connectivity index (χ2n) is 5.86. The van der Waals surface area contributed by atoms with Gasteiger partial charge in [0.25, 0.3) is 0 Å². The molecule has 3 heteroatoms. The Balaban J connectivity index is 2.22. The molecule has 0 radical (unpaired) electrons. The van der Waals surface area contributed by atoms with Crippen LogP contribution in [0.4, 0.5) is 10.1 Å². The lowest BCUT2D eigenvalue weighted by Gasteiger charge is -2.08. The maximum absolute atomic E-state index is 13.3. The molecule has 0 aromatic heterocycles. The van der Waals surface area contributed by atoms with Crippen LogP contribution in [-0.2, 0) is 0 Å². The molecule has 0 unspecified atom stereocenters. The molecular weight excluding hydrogens is 215 g/mol. The second-order valence-corrected chi connectivity index (χ2v) is 5.86. The monoisotopic (exact) mass is 232 g/mol. The molecule has 0 atom stereocenters. The zero-order chi connectivity index (χ0) is 12.8. The molecule has 2 rings (SSSR count). The summed E-state index contributed by atoms with van der Waals surface area (Å²) in [6.45, 7) is 8.76. The topological polar surface area (TPSA) is 35.8 Å². The van der Waals surface area contributed by atoms with Crippen molar-refractivity contribution in [2.24, 2.45) is 10.8 Å². The van der Waals surface area contributed by atoms with E-state index >= 15 is 0 Å². The van der Waals surface area contributed by atoms with Crippen LogP contribution < -0.4 is 5.32 Å². The molecule has 1 aliphatic carbocycles. The van der Waals surface area contributed by atoms with E-state index < -0.39 is 0 Å². The third kappa shape index (κ3) is 1.78. The Morgan fingerprint density at radius 2 is 1.76 bits per heavy atom. The van der Waals surface area contributed by atoms with Crippen molar-refractivity contribution in [2.75, 3.05) is 5.32 Å². The van der Waals surface area contributed by atoms with Crippen LogP contribution in [0.15, 0.2) is 18.2 Å². The van der Waals surface area contributed by atoms with Crippen LogP contribution in [0.2, 0.25) is 0 Å². The standard InChI is InChI=1S/C14H17FN2/c1-13(2)12(14(13,3)4)17-11-6-9(8-16)5-10(15)7-11/h5-7,12,17H,1-4H3. The minimum Gasteiger partial charge on any atom is -0.381 e. The Hall–Kier alpha value is -1.56. The van der Waals surface area contributed by atoms with Crippen LogP contribution in [0.3, 0.4) is 0 Å². The molecule has 0 amide bonds. The Bertz CT molecular complexity index is 483. The van der Waals surface area contributed by atoms with Crippen LogP contribution in [-0.4, -0.2) is 6.04 Å². The summed E-state index contributed by atoms with van der Waals surface area (Å²) in [7, 11) is 0. The molecule has 1 N–H and O–H groups in total. The number of nitriles is 1. The van der Waals surface area contributed by atoms with Gasteiger partial charge in [0.05, 0.1) is 11.6 Å². The minimum absolute atomic E-state index is 0.187. The molecule has 1 saturated carbocycles. The van der Waals surface area contributed by atoms with Gasteiger partial charge in [-0.3, -0.25) is 0 Å². The van der Waals surface area contributed by atoms with Crippen LogP contribution in [0.25, 0.3) is 0 Å². The van der Waals surface area contributed by atoms with Gasteiger partial charge in [0.2, 0.25) is 0 Å². The van der Waals surface area contributed by atoms with Gasteiger partial charge >= 0.3 is 0 Å². The molecule has 0 saturated heterocycles. The highest BCUT2D eigenvalue weighted by molar-refractivity contribution is 5.52. The normalized spacial score (nSPS) is 20.7. The molecule has 90 valence electrons. The zero-order valence-corrected chi connectivity index (χ0v) is 10.6. The van der Waals surface area contributed by atoms with Crippen LogP contribution in [0.5, 0.6) is 0 Å². The van der Waals surface area contributed by atoms with Crippen LogP contribution in [0, 0.1) is 28.0 Å². The van der Waals surface area contributed by atoms with Crippen molar-refractivity contribution >= 4 is 5.69 Å². The highest BCUT2D eigenvalue weighted by atomic mass is 19.1. The van der Waals surface area contributed by atoms with E-state index in [0.29, 0.717) is 17.3 Å². The highest BCUT2D eigenvalue weighted by Crippen LogP contribution is 2.63. The first-order valence-corrected chi connectivity index (χ1v) is 5.76. The van der Waals surface area contributed by atoms with Crippen molar-refractivity contribution in [2.45, 2.75) is 33.7 Å². The largest absolute Gasteiger partial charge is 0.381 e. The average molecular weight is 232 g/mol. The van der Waals surface area contributed by atoms with Gasteiger partial charge in [0, 0.05) is 11.7 Å². The summed E-state index contributed by atoms with van der Waals surface area (Å²) in [5, 5.41) is 12.1. The molecule has 1 aromatic carbocycles. The second kappa shape index (κ2) is 3.46. The lowest BCUT2D eigenvalue weighted by atomic mass is 10.0. The van der Waals surface area contributed by atoms with Crippen molar-refractivity contribution in [3.8, 4) is 6.07 Å². The number of anilines is 1. The van der Waals surface area contributed by atoms with Gasteiger partial charge in [-0.15, -0.1) is 0 Å². The summed E-state index contributed by atoms with van der Waals surface area (Å²) in [6, 6.07) is 6.64. The number of nitrogens with one attached hydrogen (secondary N) is 1. The predicted molar refractivity (Wildman–Crippen MR) is 66.1 cm³/mol. The van der Waals surface area contributed by atoms with Crippen molar-refractivity contribution in [1.82, 2.24) is 0 Å². The lowest BCUT2D eigenvalue weighted by Crippen LogP contribution is -2.10. The molecular formula is C14H17FN2. The average Bonchev–Trinajstić information content (AvgIpc) is 2.60. The van der Waals surface area contributed by atoms with Crippen molar-refractivity contribution in [1.29, 1.82) is 5.26 Å².